The number of carbonyl (C=O) groups excluding carboxylic acids is 1. The maximum atomic E-state index is 12.9. The molecule has 24 heavy (non-hydrogen) atoms. The number of rotatable bonds is 3. The molecule has 0 radical (unpaired) electrons. The standard InChI is InChI=1S/C19H26N4O/c1-12(2)23-17-7-5-4-6-16(17)18(21-23)19(24)20-13-10-14-8-9-15(11-13)22(14)3/h4-7,12-15H,8-11H2,1-3H3,(H,20,24). The van der Waals surface area contributed by atoms with E-state index in [0.29, 0.717) is 17.8 Å². The number of benzene rings is 1. The average molecular weight is 326 g/mol. The SMILES string of the molecule is CC(C)n1nc(C(=O)NC2CC3CCC(C2)N3C)c2ccccc21. The topological polar surface area (TPSA) is 50.2 Å². The van der Waals surface area contributed by atoms with Gasteiger partial charge in [0, 0.05) is 29.6 Å². The van der Waals surface area contributed by atoms with Gasteiger partial charge in [-0.25, -0.2) is 0 Å². The van der Waals surface area contributed by atoms with Crippen LogP contribution in [0, 0.1) is 0 Å². The highest BCUT2D eigenvalue weighted by molar-refractivity contribution is 6.05. The summed E-state index contributed by atoms with van der Waals surface area (Å²) in [5.74, 6) is -0.0282. The van der Waals surface area contributed by atoms with Crippen LogP contribution in [0.3, 0.4) is 0 Å². The Kier molecular flexibility index (Phi) is 3.83. The maximum absolute atomic E-state index is 12.9. The molecule has 0 saturated carbocycles. The van der Waals surface area contributed by atoms with Crippen LogP contribution >= 0.6 is 0 Å². The number of hydrogen-bond acceptors (Lipinski definition) is 3. The van der Waals surface area contributed by atoms with E-state index < -0.39 is 0 Å². The van der Waals surface area contributed by atoms with Crippen LogP contribution < -0.4 is 5.32 Å². The third-order valence-corrected chi connectivity index (χ3v) is 5.75. The molecule has 0 aliphatic carbocycles. The van der Waals surface area contributed by atoms with Crippen LogP contribution in [-0.2, 0) is 0 Å². The fourth-order valence-electron chi connectivity index (χ4n) is 4.43. The number of aromatic nitrogens is 2. The van der Waals surface area contributed by atoms with E-state index in [4.69, 9.17) is 0 Å². The number of piperidine rings is 1. The fourth-order valence-corrected chi connectivity index (χ4v) is 4.43. The summed E-state index contributed by atoms with van der Waals surface area (Å²) in [6.07, 6.45) is 4.64. The van der Waals surface area contributed by atoms with Crippen LogP contribution in [0.15, 0.2) is 24.3 Å². The van der Waals surface area contributed by atoms with Crippen molar-refractivity contribution in [2.24, 2.45) is 0 Å². The van der Waals surface area contributed by atoms with Crippen molar-refractivity contribution in [2.75, 3.05) is 7.05 Å². The van der Waals surface area contributed by atoms with E-state index in [-0.39, 0.29) is 18.0 Å². The normalized spacial score (nSPS) is 27.1. The molecule has 3 heterocycles. The van der Waals surface area contributed by atoms with Crippen molar-refractivity contribution in [2.45, 2.75) is 63.7 Å². The molecule has 1 amide bonds. The number of nitrogens with zero attached hydrogens (tertiary/aromatic N) is 3. The van der Waals surface area contributed by atoms with Gasteiger partial charge in [-0.05, 0) is 52.6 Å². The van der Waals surface area contributed by atoms with Gasteiger partial charge in [0.25, 0.3) is 5.91 Å². The Morgan fingerprint density at radius 1 is 1.21 bits per heavy atom. The molecule has 2 fully saturated rings. The van der Waals surface area contributed by atoms with Crippen molar-refractivity contribution in [1.29, 1.82) is 0 Å². The lowest BCUT2D eigenvalue weighted by molar-refractivity contribution is 0.0878. The summed E-state index contributed by atoms with van der Waals surface area (Å²) in [4.78, 5) is 15.4. The molecule has 2 bridgehead atoms. The number of hydrogen-bond donors (Lipinski definition) is 1. The average Bonchev–Trinajstić information content (AvgIpc) is 3.02. The molecule has 2 aromatic rings. The summed E-state index contributed by atoms with van der Waals surface area (Å²) < 4.78 is 1.95. The van der Waals surface area contributed by atoms with Crippen molar-refractivity contribution in [3.05, 3.63) is 30.0 Å². The molecule has 1 aromatic heterocycles. The van der Waals surface area contributed by atoms with Crippen molar-refractivity contribution in [3.63, 3.8) is 0 Å². The molecule has 5 heteroatoms. The Hall–Kier alpha value is -1.88. The van der Waals surface area contributed by atoms with E-state index in [1.54, 1.807) is 0 Å². The quantitative estimate of drug-likeness (QED) is 0.943. The van der Waals surface area contributed by atoms with Crippen LogP contribution in [0.1, 0.15) is 56.1 Å². The molecule has 0 spiro atoms. The minimum atomic E-state index is -0.0282. The maximum Gasteiger partial charge on any atom is 0.272 e. The first kappa shape index (κ1) is 15.6. The van der Waals surface area contributed by atoms with Crippen LogP contribution in [-0.4, -0.2) is 45.8 Å². The smallest absolute Gasteiger partial charge is 0.272 e. The Balaban J connectivity index is 1.58. The molecule has 2 unspecified atom stereocenters. The van der Waals surface area contributed by atoms with Crippen LogP contribution in [0.2, 0.25) is 0 Å². The van der Waals surface area contributed by atoms with E-state index in [9.17, 15) is 4.79 Å². The number of para-hydroxylation sites is 1. The second-order valence-corrected chi connectivity index (χ2v) is 7.60. The Bertz CT molecular complexity index is 752. The first-order chi connectivity index (χ1) is 11.5. The lowest BCUT2D eigenvalue weighted by atomic mass is 9.98. The first-order valence-electron chi connectivity index (χ1n) is 9.04. The third-order valence-electron chi connectivity index (χ3n) is 5.75. The van der Waals surface area contributed by atoms with E-state index in [1.165, 1.54) is 12.8 Å². The monoisotopic (exact) mass is 326 g/mol. The highest BCUT2D eigenvalue weighted by Crippen LogP contribution is 2.34. The zero-order chi connectivity index (χ0) is 16.8. The van der Waals surface area contributed by atoms with E-state index in [2.05, 4.69) is 36.2 Å². The second-order valence-electron chi connectivity index (χ2n) is 7.60. The van der Waals surface area contributed by atoms with Crippen LogP contribution in [0.25, 0.3) is 10.9 Å². The second kappa shape index (κ2) is 5.88. The summed E-state index contributed by atoms with van der Waals surface area (Å²) in [5.41, 5.74) is 1.59. The van der Waals surface area contributed by atoms with Gasteiger partial charge in [0.15, 0.2) is 5.69 Å². The zero-order valence-electron chi connectivity index (χ0n) is 14.7. The van der Waals surface area contributed by atoms with Gasteiger partial charge in [-0.3, -0.25) is 9.48 Å². The molecule has 2 atom stereocenters. The predicted molar refractivity (Wildman–Crippen MR) is 95.2 cm³/mol. The highest BCUT2D eigenvalue weighted by atomic mass is 16.2. The molecule has 1 aromatic carbocycles. The number of nitrogens with one attached hydrogen (secondary N) is 1. The molecular formula is C19H26N4O. The van der Waals surface area contributed by atoms with E-state index in [0.717, 1.165) is 23.7 Å². The summed E-state index contributed by atoms with van der Waals surface area (Å²) in [6, 6.07) is 9.76. The summed E-state index contributed by atoms with van der Waals surface area (Å²) in [7, 11) is 2.22. The fraction of sp³-hybridized carbons (Fsp3) is 0.579. The van der Waals surface area contributed by atoms with Crippen LogP contribution in [0.5, 0.6) is 0 Å². The van der Waals surface area contributed by atoms with Crippen LogP contribution in [0.4, 0.5) is 0 Å². The number of fused-ring (bicyclic) bond motifs is 3. The van der Waals surface area contributed by atoms with Crippen molar-refractivity contribution in [3.8, 4) is 0 Å². The highest BCUT2D eigenvalue weighted by Gasteiger charge is 2.39. The lowest BCUT2D eigenvalue weighted by Crippen LogP contribution is -2.48. The van der Waals surface area contributed by atoms with Gasteiger partial charge in [-0.15, -0.1) is 0 Å². The third kappa shape index (κ3) is 2.51. The van der Waals surface area contributed by atoms with Crippen molar-refractivity contribution < 1.29 is 4.79 Å². The first-order valence-corrected chi connectivity index (χ1v) is 9.04. The van der Waals surface area contributed by atoms with Gasteiger partial charge < -0.3 is 10.2 Å². The molecule has 2 aliphatic rings. The summed E-state index contributed by atoms with van der Waals surface area (Å²) >= 11 is 0. The lowest BCUT2D eigenvalue weighted by Gasteiger charge is -2.36. The molecule has 2 aliphatic heterocycles. The minimum absolute atomic E-state index is 0.0282. The van der Waals surface area contributed by atoms with Gasteiger partial charge in [0.05, 0.1) is 5.52 Å². The van der Waals surface area contributed by atoms with Gasteiger partial charge >= 0.3 is 0 Å². The summed E-state index contributed by atoms with van der Waals surface area (Å²) in [6.45, 7) is 4.19. The van der Waals surface area contributed by atoms with E-state index >= 15 is 0 Å². The Morgan fingerprint density at radius 3 is 2.54 bits per heavy atom. The molecule has 1 N–H and O–H groups in total. The molecule has 5 nitrogen and oxygen atoms in total. The predicted octanol–water partition coefficient (Wildman–Crippen LogP) is 2.97. The number of amides is 1. The Labute approximate surface area is 143 Å². The minimum Gasteiger partial charge on any atom is -0.348 e. The van der Waals surface area contributed by atoms with Gasteiger partial charge in [-0.2, -0.15) is 5.10 Å². The molecule has 4 rings (SSSR count). The van der Waals surface area contributed by atoms with Crippen molar-refractivity contribution >= 4 is 16.8 Å². The van der Waals surface area contributed by atoms with Crippen molar-refractivity contribution in [1.82, 2.24) is 20.0 Å². The largest absolute Gasteiger partial charge is 0.348 e. The molecular weight excluding hydrogens is 300 g/mol. The summed E-state index contributed by atoms with van der Waals surface area (Å²) in [5, 5.41) is 8.82. The van der Waals surface area contributed by atoms with Gasteiger partial charge in [0.2, 0.25) is 0 Å². The number of carbonyl (C=O) groups is 1. The van der Waals surface area contributed by atoms with Gasteiger partial charge in [-0.1, -0.05) is 18.2 Å². The molecule has 128 valence electrons. The molecule has 2 saturated heterocycles. The van der Waals surface area contributed by atoms with E-state index in [1.807, 2.05) is 28.9 Å². The Morgan fingerprint density at radius 2 is 1.88 bits per heavy atom. The zero-order valence-corrected chi connectivity index (χ0v) is 14.7. The van der Waals surface area contributed by atoms with Gasteiger partial charge in [0.1, 0.15) is 0 Å².